The van der Waals surface area contributed by atoms with E-state index in [1.165, 1.54) is 0 Å². The molecule has 2 atom stereocenters. The van der Waals surface area contributed by atoms with E-state index in [9.17, 15) is 14.7 Å². The van der Waals surface area contributed by atoms with Crippen molar-refractivity contribution in [1.82, 2.24) is 0 Å². The number of benzene rings is 2. The third kappa shape index (κ3) is 3.14. The van der Waals surface area contributed by atoms with Crippen molar-refractivity contribution in [2.24, 2.45) is 0 Å². The maximum atomic E-state index is 12.4. The van der Waals surface area contributed by atoms with Crippen LogP contribution in [0.2, 0.25) is 0 Å². The summed E-state index contributed by atoms with van der Waals surface area (Å²) in [4.78, 5) is 23.0. The van der Waals surface area contributed by atoms with Crippen LogP contribution < -0.4 is 0 Å². The van der Waals surface area contributed by atoms with Gasteiger partial charge in [-0.3, -0.25) is 9.59 Å². The first-order valence-corrected chi connectivity index (χ1v) is 7.04. The molecule has 0 heterocycles. The highest BCUT2D eigenvalue weighted by Gasteiger charge is 2.33. The van der Waals surface area contributed by atoms with E-state index in [1.807, 2.05) is 12.1 Å². The average Bonchev–Trinajstić information content (AvgIpc) is 2.48. The first kappa shape index (κ1) is 14.5. The Kier molecular flexibility index (Phi) is 4.69. The number of halogens is 1. The number of carbonyl (C=O) groups excluding carboxylic acids is 1. The summed E-state index contributed by atoms with van der Waals surface area (Å²) in [5, 5.41) is 9.41. The lowest BCUT2D eigenvalue weighted by molar-refractivity contribution is -0.138. The molecule has 2 rings (SSSR count). The van der Waals surface area contributed by atoms with Crippen molar-refractivity contribution in [2.45, 2.75) is 10.7 Å². The van der Waals surface area contributed by atoms with Gasteiger partial charge in [0.1, 0.15) is 5.92 Å². The molecule has 4 heteroatoms. The summed E-state index contributed by atoms with van der Waals surface area (Å²) in [5.74, 6) is -2.17. The number of carboxylic acid groups (broad SMARTS) is 1. The summed E-state index contributed by atoms with van der Waals surface area (Å²) >= 11 is 3.25. The number of ketones is 1. The van der Waals surface area contributed by atoms with Crippen molar-refractivity contribution >= 4 is 27.7 Å². The zero-order valence-corrected chi connectivity index (χ0v) is 12.2. The minimum Gasteiger partial charge on any atom is -0.481 e. The van der Waals surface area contributed by atoms with Crippen LogP contribution in [0.5, 0.6) is 0 Å². The largest absolute Gasteiger partial charge is 0.481 e. The molecule has 0 saturated heterocycles. The van der Waals surface area contributed by atoms with Gasteiger partial charge in [0.15, 0.2) is 5.78 Å². The van der Waals surface area contributed by atoms with E-state index in [-0.39, 0.29) is 5.78 Å². The average molecular weight is 333 g/mol. The summed E-state index contributed by atoms with van der Waals surface area (Å²) < 4.78 is 0. The smallest absolute Gasteiger partial charge is 0.312 e. The molecule has 2 aromatic rings. The van der Waals surface area contributed by atoms with Crippen LogP contribution in [0, 0.1) is 0 Å². The zero-order valence-electron chi connectivity index (χ0n) is 10.6. The molecule has 0 radical (unpaired) electrons. The van der Waals surface area contributed by atoms with E-state index in [1.54, 1.807) is 48.5 Å². The van der Waals surface area contributed by atoms with Crippen LogP contribution in [0.15, 0.2) is 60.7 Å². The highest BCUT2D eigenvalue weighted by atomic mass is 79.9. The lowest BCUT2D eigenvalue weighted by atomic mass is 9.91. The molecule has 0 aliphatic heterocycles. The molecule has 1 N–H and O–H groups in total. The standard InChI is InChI=1S/C16H13BrO3/c17-14(15(18)12-9-5-2-6-10-12)13(16(19)20)11-7-3-1-4-8-11/h1-10,13-14H,(H,19,20)/t13-,14+/m1/s1. The fourth-order valence-corrected chi connectivity index (χ4v) is 2.81. The maximum Gasteiger partial charge on any atom is 0.312 e. The highest BCUT2D eigenvalue weighted by molar-refractivity contribution is 9.10. The van der Waals surface area contributed by atoms with Gasteiger partial charge in [-0.1, -0.05) is 76.6 Å². The van der Waals surface area contributed by atoms with Crippen molar-refractivity contribution in [3.63, 3.8) is 0 Å². The fraction of sp³-hybridized carbons (Fsp3) is 0.125. The van der Waals surface area contributed by atoms with Crippen LogP contribution in [0.4, 0.5) is 0 Å². The Balaban J connectivity index is 2.31. The Morgan fingerprint density at radius 3 is 1.90 bits per heavy atom. The molecule has 2 aromatic carbocycles. The number of carboxylic acids is 1. The molecule has 3 nitrogen and oxygen atoms in total. The number of aliphatic carboxylic acids is 1. The van der Waals surface area contributed by atoms with E-state index in [4.69, 9.17) is 0 Å². The number of Topliss-reactive ketones (excluding diaryl/α,β-unsaturated/α-hetero) is 1. The van der Waals surface area contributed by atoms with E-state index >= 15 is 0 Å². The predicted octanol–water partition coefficient (Wildman–Crippen LogP) is 3.50. The molecule has 0 amide bonds. The molecule has 0 aromatic heterocycles. The van der Waals surface area contributed by atoms with Crippen molar-refractivity contribution in [1.29, 1.82) is 0 Å². The van der Waals surface area contributed by atoms with Crippen molar-refractivity contribution in [2.75, 3.05) is 0 Å². The SMILES string of the molecule is O=C(c1ccccc1)[C@@H](Br)[C@H](C(=O)O)c1ccccc1. The normalized spacial score (nSPS) is 13.4. The molecule has 0 unspecified atom stereocenters. The Morgan fingerprint density at radius 2 is 1.40 bits per heavy atom. The Hall–Kier alpha value is -1.94. The van der Waals surface area contributed by atoms with Gasteiger partial charge in [0, 0.05) is 5.56 Å². The second-order valence-corrected chi connectivity index (χ2v) is 5.35. The monoisotopic (exact) mass is 332 g/mol. The van der Waals surface area contributed by atoms with E-state index in [0.717, 1.165) is 0 Å². The van der Waals surface area contributed by atoms with Crippen molar-refractivity contribution in [3.05, 3.63) is 71.8 Å². The second-order valence-electron chi connectivity index (χ2n) is 4.36. The van der Waals surface area contributed by atoms with E-state index < -0.39 is 16.7 Å². The summed E-state index contributed by atoms with van der Waals surface area (Å²) in [6.45, 7) is 0. The van der Waals surface area contributed by atoms with E-state index in [0.29, 0.717) is 11.1 Å². The van der Waals surface area contributed by atoms with Crippen LogP contribution in [0.25, 0.3) is 0 Å². The number of alkyl halides is 1. The van der Waals surface area contributed by atoms with Crippen LogP contribution >= 0.6 is 15.9 Å². The lowest BCUT2D eigenvalue weighted by Crippen LogP contribution is -2.28. The van der Waals surface area contributed by atoms with Crippen molar-refractivity contribution in [3.8, 4) is 0 Å². The van der Waals surface area contributed by atoms with Gasteiger partial charge in [-0.25, -0.2) is 0 Å². The van der Waals surface area contributed by atoms with Gasteiger partial charge < -0.3 is 5.11 Å². The maximum absolute atomic E-state index is 12.4. The lowest BCUT2D eigenvalue weighted by Gasteiger charge is -2.18. The van der Waals surface area contributed by atoms with Crippen LogP contribution in [-0.2, 0) is 4.79 Å². The summed E-state index contributed by atoms with van der Waals surface area (Å²) in [6, 6.07) is 17.4. The highest BCUT2D eigenvalue weighted by Crippen LogP contribution is 2.28. The fourth-order valence-electron chi connectivity index (χ4n) is 2.01. The van der Waals surface area contributed by atoms with Gasteiger partial charge in [-0.15, -0.1) is 0 Å². The third-order valence-corrected chi connectivity index (χ3v) is 3.97. The van der Waals surface area contributed by atoms with Crippen LogP contribution in [0.1, 0.15) is 21.8 Å². The second kappa shape index (κ2) is 6.48. The quantitative estimate of drug-likeness (QED) is 0.673. The van der Waals surface area contributed by atoms with Crippen LogP contribution in [-0.4, -0.2) is 21.7 Å². The zero-order chi connectivity index (χ0) is 14.5. The van der Waals surface area contributed by atoms with Gasteiger partial charge in [0.2, 0.25) is 0 Å². The summed E-state index contributed by atoms with van der Waals surface area (Å²) in [5.41, 5.74) is 1.10. The Labute approximate surface area is 125 Å². The molecule has 0 aliphatic carbocycles. The minimum atomic E-state index is -1.03. The molecule has 0 spiro atoms. The molecule has 0 saturated carbocycles. The molecule has 0 aliphatic rings. The topological polar surface area (TPSA) is 54.4 Å². The van der Waals surface area contributed by atoms with Crippen LogP contribution in [0.3, 0.4) is 0 Å². The molecule has 0 fully saturated rings. The minimum absolute atomic E-state index is 0.234. The number of carbonyl (C=O) groups is 2. The number of hydrogen-bond donors (Lipinski definition) is 1. The van der Waals surface area contributed by atoms with Gasteiger partial charge in [0.25, 0.3) is 0 Å². The number of hydrogen-bond acceptors (Lipinski definition) is 2. The summed E-state index contributed by atoms with van der Waals surface area (Å²) in [7, 11) is 0. The van der Waals surface area contributed by atoms with Crippen molar-refractivity contribution < 1.29 is 14.7 Å². The number of rotatable bonds is 5. The first-order chi connectivity index (χ1) is 9.61. The van der Waals surface area contributed by atoms with Gasteiger partial charge >= 0.3 is 5.97 Å². The van der Waals surface area contributed by atoms with Gasteiger partial charge in [-0.2, -0.15) is 0 Å². The predicted molar refractivity (Wildman–Crippen MR) is 80.3 cm³/mol. The third-order valence-electron chi connectivity index (χ3n) is 3.03. The molecule has 20 heavy (non-hydrogen) atoms. The Morgan fingerprint density at radius 1 is 0.900 bits per heavy atom. The van der Waals surface area contributed by atoms with E-state index in [2.05, 4.69) is 15.9 Å². The van der Waals surface area contributed by atoms with Gasteiger partial charge in [0.05, 0.1) is 4.83 Å². The molecular formula is C16H13BrO3. The molecule has 102 valence electrons. The molecule has 0 bridgehead atoms. The Bertz CT molecular complexity index is 596. The molecular weight excluding hydrogens is 320 g/mol. The van der Waals surface area contributed by atoms with Gasteiger partial charge in [-0.05, 0) is 5.56 Å². The first-order valence-electron chi connectivity index (χ1n) is 6.12. The summed E-state index contributed by atoms with van der Waals surface area (Å²) in [6.07, 6.45) is 0.